The molecule has 576 valence electrons. The lowest BCUT2D eigenvalue weighted by molar-refractivity contribution is -0.161. The van der Waals surface area contributed by atoms with Gasteiger partial charge in [-0.2, -0.15) is 0 Å². The fourth-order valence-electron chi connectivity index (χ4n) is 11.8. The maximum Gasteiger partial charge on any atom is 0.472 e. The smallest absolute Gasteiger partial charge is 0.462 e. The highest BCUT2D eigenvalue weighted by atomic mass is 31.2. The topological polar surface area (TPSA) is 237 Å². The van der Waals surface area contributed by atoms with Gasteiger partial charge in [0.2, 0.25) is 0 Å². The zero-order chi connectivity index (χ0) is 71.7. The number of rotatable bonds is 75. The minimum atomic E-state index is -4.96. The molecule has 0 aliphatic rings. The molecule has 0 aromatic rings. The average Bonchev–Trinajstić information content (AvgIpc) is 1.29. The van der Waals surface area contributed by atoms with Crippen molar-refractivity contribution in [2.45, 2.75) is 414 Å². The molecule has 0 saturated carbocycles. The van der Waals surface area contributed by atoms with Gasteiger partial charge in [0.05, 0.1) is 26.4 Å². The quantitative estimate of drug-likeness (QED) is 0.0222. The van der Waals surface area contributed by atoms with Gasteiger partial charge in [-0.15, -0.1) is 0 Å². The molecule has 7 atom stereocenters. The Balaban J connectivity index is 5.25. The molecular formula is C78H152O17P2. The highest BCUT2D eigenvalue weighted by Crippen LogP contribution is 2.45. The number of phosphoric acid groups is 2. The normalized spacial score (nSPS) is 14.6. The predicted octanol–water partition coefficient (Wildman–Crippen LogP) is 22.8. The molecule has 0 spiro atoms. The van der Waals surface area contributed by atoms with Crippen LogP contribution >= 0.6 is 15.6 Å². The highest BCUT2D eigenvalue weighted by molar-refractivity contribution is 7.47. The summed E-state index contributed by atoms with van der Waals surface area (Å²) in [6.45, 7) is 14.2. The van der Waals surface area contributed by atoms with Gasteiger partial charge in [0.25, 0.3) is 0 Å². The first-order valence-corrected chi connectivity index (χ1v) is 43.3. The summed E-state index contributed by atoms with van der Waals surface area (Å²) in [5, 5.41) is 10.6. The second-order valence-corrected chi connectivity index (χ2v) is 32.4. The van der Waals surface area contributed by atoms with Crippen molar-refractivity contribution in [2.75, 3.05) is 39.6 Å². The summed E-state index contributed by atoms with van der Waals surface area (Å²) in [5.41, 5.74) is 0. The molecule has 0 fully saturated rings. The van der Waals surface area contributed by atoms with E-state index in [1.165, 1.54) is 193 Å². The number of aliphatic hydroxyl groups excluding tert-OH is 1. The zero-order valence-corrected chi connectivity index (χ0v) is 65.5. The molecule has 0 amide bonds. The number of hydrogen-bond acceptors (Lipinski definition) is 15. The summed E-state index contributed by atoms with van der Waals surface area (Å²) in [6.07, 6.45) is 52.6. The average molecular weight is 1420 g/mol. The lowest BCUT2D eigenvalue weighted by Gasteiger charge is -2.21. The molecule has 0 aliphatic heterocycles. The lowest BCUT2D eigenvalue weighted by atomic mass is 9.99. The van der Waals surface area contributed by atoms with Gasteiger partial charge in [0.1, 0.15) is 19.3 Å². The summed E-state index contributed by atoms with van der Waals surface area (Å²) in [6, 6.07) is 0. The van der Waals surface area contributed by atoms with Crippen molar-refractivity contribution in [3.8, 4) is 0 Å². The van der Waals surface area contributed by atoms with E-state index in [0.717, 1.165) is 120 Å². The molecule has 17 nitrogen and oxygen atoms in total. The van der Waals surface area contributed by atoms with E-state index in [9.17, 15) is 43.2 Å². The molecule has 0 bridgehead atoms. The van der Waals surface area contributed by atoms with E-state index in [2.05, 4.69) is 55.4 Å². The van der Waals surface area contributed by atoms with Gasteiger partial charge in [-0.1, -0.05) is 344 Å². The van der Waals surface area contributed by atoms with Crippen LogP contribution in [0.3, 0.4) is 0 Å². The van der Waals surface area contributed by atoms with Gasteiger partial charge < -0.3 is 33.8 Å². The first-order chi connectivity index (χ1) is 46.7. The Labute approximate surface area is 594 Å². The van der Waals surface area contributed by atoms with Gasteiger partial charge in [-0.25, -0.2) is 9.13 Å². The molecule has 0 aromatic carbocycles. The monoisotopic (exact) mass is 1420 g/mol. The van der Waals surface area contributed by atoms with Crippen LogP contribution in [0.1, 0.15) is 396 Å². The summed E-state index contributed by atoms with van der Waals surface area (Å²) in [5.74, 6) is 0.998. The van der Waals surface area contributed by atoms with Gasteiger partial charge in [0.15, 0.2) is 12.2 Å². The third-order valence-electron chi connectivity index (χ3n) is 18.8. The first-order valence-electron chi connectivity index (χ1n) is 40.3. The number of carbonyl (C=O) groups excluding carboxylic acids is 4. The summed E-state index contributed by atoms with van der Waals surface area (Å²) in [7, 11) is -9.92. The number of unbranched alkanes of at least 4 members (excludes halogenated alkanes) is 39. The van der Waals surface area contributed by atoms with Crippen LogP contribution in [0.5, 0.6) is 0 Å². The summed E-state index contributed by atoms with van der Waals surface area (Å²) < 4.78 is 68.6. The minimum Gasteiger partial charge on any atom is -0.462 e. The summed E-state index contributed by atoms with van der Waals surface area (Å²) in [4.78, 5) is 72.9. The number of hydrogen-bond donors (Lipinski definition) is 3. The first kappa shape index (κ1) is 95.1. The third kappa shape index (κ3) is 69.5. The Morgan fingerprint density at radius 3 is 0.732 bits per heavy atom. The van der Waals surface area contributed by atoms with E-state index < -0.39 is 97.5 Å². The van der Waals surface area contributed by atoms with Crippen molar-refractivity contribution in [2.24, 2.45) is 23.7 Å². The van der Waals surface area contributed by atoms with E-state index in [1.54, 1.807) is 0 Å². The van der Waals surface area contributed by atoms with Crippen LogP contribution in [0.4, 0.5) is 0 Å². The molecule has 0 rings (SSSR count). The Morgan fingerprint density at radius 1 is 0.289 bits per heavy atom. The molecule has 0 saturated heterocycles. The number of ether oxygens (including phenoxy) is 4. The highest BCUT2D eigenvalue weighted by Gasteiger charge is 2.30. The van der Waals surface area contributed by atoms with Crippen molar-refractivity contribution in [1.82, 2.24) is 0 Å². The van der Waals surface area contributed by atoms with Crippen LogP contribution in [-0.4, -0.2) is 96.7 Å². The Morgan fingerprint density at radius 2 is 0.495 bits per heavy atom. The third-order valence-corrected chi connectivity index (χ3v) is 20.7. The molecule has 0 heterocycles. The summed E-state index contributed by atoms with van der Waals surface area (Å²) >= 11 is 0. The predicted molar refractivity (Wildman–Crippen MR) is 395 cm³/mol. The zero-order valence-electron chi connectivity index (χ0n) is 63.7. The van der Waals surface area contributed by atoms with E-state index >= 15 is 0 Å². The molecule has 19 heteroatoms. The SMILES string of the molecule is CCC(C)CCCCCCCCCCCCC(=O)O[C@H](COC(=O)CCCCCCCCC(C)CC)COP(=O)(O)OC[C@H](O)COP(=O)(O)OC[C@@H](COC(=O)CCCCCCCCCCCCCCCCCC(C)C)OC(=O)CCCCCCCCCCCCCCC(C)C. The van der Waals surface area contributed by atoms with E-state index in [-0.39, 0.29) is 25.7 Å². The molecule has 0 radical (unpaired) electrons. The molecule has 3 N–H and O–H groups in total. The number of phosphoric ester groups is 2. The number of aliphatic hydroxyl groups is 1. The minimum absolute atomic E-state index is 0.105. The standard InChI is InChI=1S/C78H152O17P2/c1-9-70(7)56-48-40-32-26-22-23-29-35-45-53-61-78(83)95-74(65-89-76(81)59-51-43-37-36-41-49-57-71(8)10-2)67-93-97(86,87)91-63-72(79)62-90-96(84,85)92-66-73(94-77(82)60-52-44-34-28-21-17-16-19-25-31-39-47-55-69(5)6)64-88-75(80)58-50-42-33-27-20-15-13-11-12-14-18-24-30-38-46-54-68(3)4/h68-74,79H,9-67H2,1-8H3,(H,84,85)(H,86,87)/t70?,71?,72-,73-,74-/m1/s1. The van der Waals surface area contributed by atoms with E-state index in [0.29, 0.717) is 25.7 Å². The van der Waals surface area contributed by atoms with Crippen LogP contribution in [0.2, 0.25) is 0 Å². The lowest BCUT2D eigenvalue weighted by Crippen LogP contribution is -2.30. The molecule has 4 unspecified atom stereocenters. The second kappa shape index (κ2) is 67.2. The van der Waals surface area contributed by atoms with Crippen LogP contribution in [-0.2, 0) is 65.4 Å². The van der Waals surface area contributed by atoms with Crippen molar-refractivity contribution in [1.29, 1.82) is 0 Å². The van der Waals surface area contributed by atoms with E-state index in [4.69, 9.17) is 37.0 Å². The Hall–Kier alpha value is -1.94. The van der Waals surface area contributed by atoms with Crippen LogP contribution < -0.4 is 0 Å². The van der Waals surface area contributed by atoms with Gasteiger partial charge in [-0.3, -0.25) is 37.3 Å². The maximum absolute atomic E-state index is 13.1. The molecular weight excluding hydrogens is 1270 g/mol. The fourth-order valence-corrected chi connectivity index (χ4v) is 13.4. The van der Waals surface area contributed by atoms with Gasteiger partial charge in [-0.05, 0) is 49.4 Å². The van der Waals surface area contributed by atoms with Crippen LogP contribution in [0, 0.1) is 23.7 Å². The van der Waals surface area contributed by atoms with Crippen molar-refractivity contribution in [3.63, 3.8) is 0 Å². The van der Waals surface area contributed by atoms with Crippen molar-refractivity contribution in [3.05, 3.63) is 0 Å². The van der Waals surface area contributed by atoms with Crippen LogP contribution in [0.15, 0.2) is 0 Å². The number of carbonyl (C=O) groups is 4. The molecule has 0 aromatic heterocycles. The molecule has 0 aliphatic carbocycles. The second-order valence-electron chi connectivity index (χ2n) is 29.5. The Bertz CT molecular complexity index is 1910. The maximum atomic E-state index is 13.1. The van der Waals surface area contributed by atoms with E-state index in [1.807, 2.05) is 0 Å². The largest absolute Gasteiger partial charge is 0.472 e. The van der Waals surface area contributed by atoms with Crippen LogP contribution in [0.25, 0.3) is 0 Å². The van der Waals surface area contributed by atoms with Crippen molar-refractivity contribution < 1.29 is 80.2 Å². The molecule has 97 heavy (non-hydrogen) atoms. The Kier molecular flexibility index (Phi) is 65.9. The van der Waals surface area contributed by atoms with Gasteiger partial charge >= 0.3 is 39.5 Å². The fraction of sp³-hybridized carbons (Fsp3) is 0.949. The number of esters is 4. The van der Waals surface area contributed by atoms with Gasteiger partial charge in [0, 0.05) is 25.7 Å². The van der Waals surface area contributed by atoms with Crippen molar-refractivity contribution >= 4 is 39.5 Å².